The van der Waals surface area contributed by atoms with E-state index in [-0.39, 0.29) is 17.5 Å². The van der Waals surface area contributed by atoms with Crippen LogP contribution in [0.15, 0.2) is 30.3 Å². The van der Waals surface area contributed by atoms with Crippen molar-refractivity contribution in [3.05, 3.63) is 35.9 Å². The normalized spacial score (nSPS) is 24.1. The first kappa shape index (κ1) is 14.1. The summed E-state index contributed by atoms with van der Waals surface area (Å²) in [4.78, 5) is 12.5. The van der Waals surface area contributed by atoms with Gasteiger partial charge in [-0.3, -0.25) is 4.79 Å². The summed E-state index contributed by atoms with van der Waals surface area (Å²) in [5.41, 5.74) is 0.806. The second-order valence-corrected chi connectivity index (χ2v) is 5.59. The molecule has 1 heterocycles. The Morgan fingerprint density at radius 2 is 2.16 bits per heavy atom. The SMILES string of the molecule is CCCC(NC(=O)C1(C)CCCN1)c1ccccc1. The van der Waals surface area contributed by atoms with Crippen LogP contribution in [0.2, 0.25) is 0 Å². The Hall–Kier alpha value is -1.35. The molecule has 2 rings (SSSR count). The van der Waals surface area contributed by atoms with Crippen molar-refractivity contribution in [3.63, 3.8) is 0 Å². The number of amides is 1. The second kappa shape index (κ2) is 6.20. The average Bonchev–Trinajstić information content (AvgIpc) is 2.87. The van der Waals surface area contributed by atoms with E-state index in [4.69, 9.17) is 0 Å². The lowest BCUT2D eigenvalue weighted by molar-refractivity contribution is -0.127. The Labute approximate surface area is 115 Å². The predicted octanol–water partition coefficient (Wildman–Crippen LogP) is 2.79. The van der Waals surface area contributed by atoms with Gasteiger partial charge in [0.2, 0.25) is 5.91 Å². The van der Waals surface area contributed by atoms with Gasteiger partial charge >= 0.3 is 0 Å². The minimum atomic E-state index is -0.388. The van der Waals surface area contributed by atoms with E-state index >= 15 is 0 Å². The number of benzene rings is 1. The Morgan fingerprint density at radius 1 is 1.42 bits per heavy atom. The second-order valence-electron chi connectivity index (χ2n) is 5.59. The molecule has 1 amide bonds. The Kier molecular flexibility index (Phi) is 4.59. The Morgan fingerprint density at radius 3 is 2.74 bits per heavy atom. The van der Waals surface area contributed by atoms with Crippen molar-refractivity contribution in [1.29, 1.82) is 0 Å². The molecule has 1 saturated heterocycles. The van der Waals surface area contributed by atoms with Crippen molar-refractivity contribution < 1.29 is 4.79 Å². The molecule has 0 bridgehead atoms. The molecule has 1 aromatic carbocycles. The fraction of sp³-hybridized carbons (Fsp3) is 0.562. The summed E-state index contributed by atoms with van der Waals surface area (Å²) in [7, 11) is 0. The summed E-state index contributed by atoms with van der Waals surface area (Å²) in [5, 5.41) is 6.53. The monoisotopic (exact) mass is 260 g/mol. The van der Waals surface area contributed by atoms with Crippen LogP contribution >= 0.6 is 0 Å². The molecule has 1 aliphatic heterocycles. The third kappa shape index (κ3) is 3.35. The zero-order chi connectivity index (χ0) is 13.7. The summed E-state index contributed by atoms with van der Waals surface area (Å²) >= 11 is 0. The first-order chi connectivity index (χ1) is 9.15. The lowest BCUT2D eigenvalue weighted by Crippen LogP contribution is -2.51. The van der Waals surface area contributed by atoms with Crippen LogP contribution in [0.4, 0.5) is 0 Å². The lowest BCUT2D eigenvalue weighted by Gasteiger charge is -2.27. The first-order valence-electron chi connectivity index (χ1n) is 7.26. The highest BCUT2D eigenvalue weighted by Gasteiger charge is 2.36. The number of nitrogens with one attached hydrogen (secondary N) is 2. The maximum atomic E-state index is 12.5. The van der Waals surface area contributed by atoms with Gasteiger partial charge in [-0.05, 0) is 38.3 Å². The molecule has 2 atom stereocenters. The summed E-state index contributed by atoms with van der Waals surface area (Å²) < 4.78 is 0. The van der Waals surface area contributed by atoms with Gasteiger partial charge in [-0.15, -0.1) is 0 Å². The zero-order valence-electron chi connectivity index (χ0n) is 11.9. The molecule has 1 fully saturated rings. The highest BCUT2D eigenvalue weighted by molar-refractivity contribution is 5.86. The standard InChI is InChI=1S/C16H24N2O/c1-3-8-14(13-9-5-4-6-10-13)18-15(19)16(2)11-7-12-17-16/h4-6,9-10,14,17H,3,7-8,11-12H2,1-2H3,(H,18,19). The smallest absolute Gasteiger partial charge is 0.240 e. The Bertz CT molecular complexity index is 410. The van der Waals surface area contributed by atoms with E-state index in [0.717, 1.165) is 32.2 Å². The van der Waals surface area contributed by atoms with Crippen LogP contribution in [0.1, 0.15) is 51.1 Å². The van der Waals surface area contributed by atoms with E-state index in [2.05, 4.69) is 29.7 Å². The minimum Gasteiger partial charge on any atom is -0.348 e. The van der Waals surface area contributed by atoms with E-state index in [1.807, 2.05) is 25.1 Å². The van der Waals surface area contributed by atoms with E-state index in [1.54, 1.807) is 0 Å². The topological polar surface area (TPSA) is 41.1 Å². The molecule has 104 valence electrons. The Balaban J connectivity index is 2.06. The van der Waals surface area contributed by atoms with Gasteiger partial charge in [-0.25, -0.2) is 0 Å². The van der Waals surface area contributed by atoms with Crippen LogP contribution in [0.25, 0.3) is 0 Å². The lowest BCUT2D eigenvalue weighted by atomic mass is 9.96. The molecule has 3 nitrogen and oxygen atoms in total. The average molecular weight is 260 g/mol. The van der Waals surface area contributed by atoms with Crippen molar-refractivity contribution in [2.45, 2.75) is 51.1 Å². The van der Waals surface area contributed by atoms with Gasteiger partial charge in [0.1, 0.15) is 0 Å². The van der Waals surface area contributed by atoms with Crippen LogP contribution < -0.4 is 10.6 Å². The van der Waals surface area contributed by atoms with Gasteiger partial charge in [0, 0.05) is 0 Å². The van der Waals surface area contributed by atoms with Crippen molar-refractivity contribution >= 4 is 5.91 Å². The van der Waals surface area contributed by atoms with Crippen LogP contribution in [-0.2, 0) is 4.79 Å². The van der Waals surface area contributed by atoms with Gasteiger partial charge in [-0.2, -0.15) is 0 Å². The number of hydrogen-bond acceptors (Lipinski definition) is 2. The highest BCUT2D eigenvalue weighted by Crippen LogP contribution is 2.23. The molecule has 3 heteroatoms. The third-order valence-electron chi connectivity index (χ3n) is 3.95. The number of hydrogen-bond donors (Lipinski definition) is 2. The summed E-state index contributed by atoms with van der Waals surface area (Å²) in [6, 6.07) is 10.4. The number of rotatable bonds is 5. The van der Waals surface area contributed by atoms with Crippen molar-refractivity contribution in [1.82, 2.24) is 10.6 Å². The van der Waals surface area contributed by atoms with E-state index in [0.29, 0.717) is 0 Å². The third-order valence-corrected chi connectivity index (χ3v) is 3.95. The molecule has 0 spiro atoms. The highest BCUT2D eigenvalue weighted by atomic mass is 16.2. The van der Waals surface area contributed by atoms with Crippen LogP contribution in [0.5, 0.6) is 0 Å². The van der Waals surface area contributed by atoms with Crippen molar-refractivity contribution in [2.75, 3.05) is 6.54 Å². The molecule has 1 aliphatic rings. The molecule has 2 unspecified atom stereocenters. The fourth-order valence-corrected chi connectivity index (χ4v) is 2.70. The van der Waals surface area contributed by atoms with E-state index in [9.17, 15) is 4.79 Å². The van der Waals surface area contributed by atoms with Gasteiger partial charge in [-0.1, -0.05) is 43.7 Å². The molecule has 1 aromatic rings. The van der Waals surface area contributed by atoms with Gasteiger partial charge in [0.15, 0.2) is 0 Å². The molecular formula is C16H24N2O. The summed E-state index contributed by atoms with van der Waals surface area (Å²) in [6.07, 6.45) is 4.04. The van der Waals surface area contributed by atoms with E-state index < -0.39 is 0 Å². The molecule has 0 saturated carbocycles. The number of carbonyl (C=O) groups is 1. The van der Waals surface area contributed by atoms with Gasteiger partial charge < -0.3 is 10.6 Å². The molecule has 0 radical (unpaired) electrons. The summed E-state index contributed by atoms with van der Waals surface area (Å²) in [6.45, 7) is 5.09. The minimum absolute atomic E-state index is 0.123. The zero-order valence-corrected chi connectivity index (χ0v) is 11.9. The predicted molar refractivity (Wildman–Crippen MR) is 77.9 cm³/mol. The molecule has 0 aliphatic carbocycles. The van der Waals surface area contributed by atoms with E-state index in [1.165, 1.54) is 5.56 Å². The van der Waals surface area contributed by atoms with Crippen LogP contribution in [-0.4, -0.2) is 18.0 Å². The van der Waals surface area contributed by atoms with Crippen molar-refractivity contribution in [2.24, 2.45) is 0 Å². The fourth-order valence-electron chi connectivity index (χ4n) is 2.70. The van der Waals surface area contributed by atoms with Crippen LogP contribution in [0, 0.1) is 0 Å². The molecule has 0 aromatic heterocycles. The molecular weight excluding hydrogens is 236 g/mol. The first-order valence-corrected chi connectivity index (χ1v) is 7.26. The van der Waals surface area contributed by atoms with Gasteiger partial charge in [0.05, 0.1) is 11.6 Å². The largest absolute Gasteiger partial charge is 0.348 e. The van der Waals surface area contributed by atoms with Gasteiger partial charge in [0.25, 0.3) is 0 Å². The van der Waals surface area contributed by atoms with Crippen LogP contribution in [0.3, 0.4) is 0 Å². The quantitative estimate of drug-likeness (QED) is 0.854. The maximum absolute atomic E-state index is 12.5. The number of carbonyl (C=O) groups excluding carboxylic acids is 1. The van der Waals surface area contributed by atoms with Crippen molar-refractivity contribution in [3.8, 4) is 0 Å². The maximum Gasteiger partial charge on any atom is 0.240 e. The molecule has 2 N–H and O–H groups in total. The summed E-state index contributed by atoms with van der Waals surface area (Å²) in [5.74, 6) is 0.132. The molecule has 19 heavy (non-hydrogen) atoms.